The number of nitrogens with zero attached hydrogens (tertiary/aromatic N) is 1. The summed E-state index contributed by atoms with van der Waals surface area (Å²) < 4.78 is 23.1. The van der Waals surface area contributed by atoms with Crippen molar-refractivity contribution in [3.05, 3.63) is 35.4 Å². The fraction of sp³-hybridized carbons (Fsp3) is 0.500. The molecule has 1 fully saturated rings. The number of benzene rings is 1. The van der Waals surface area contributed by atoms with Gasteiger partial charge >= 0.3 is 0 Å². The molecule has 6 heteroatoms. The van der Waals surface area contributed by atoms with Gasteiger partial charge in [-0.1, -0.05) is 12.1 Å². The van der Waals surface area contributed by atoms with Crippen molar-refractivity contribution in [1.82, 2.24) is 4.90 Å². The molecule has 1 aliphatic rings. The second kappa shape index (κ2) is 6.37. The van der Waals surface area contributed by atoms with Crippen LogP contribution in [0, 0.1) is 0 Å². The summed E-state index contributed by atoms with van der Waals surface area (Å²) in [4.78, 5) is 14.0. The van der Waals surface area contributed by atoms with Gasteiger partial charge in [-0.15, -0.1) is 0 Å². The lowest BCUT2D eigenvalue weighted by Crippen LogP contribution is -2.33. The number of hydrogen-bond donors (Lipinski definition) is 1. The van der Waals surface area contributed by atoms with Gasteiger partial charge in [0.25, 0.3) is 5.91 Å². The van der Waals surface area contributed by atoms with Gasteiger partial charge in [0.05, 0.1) is 11.5 Å². The molecule has 2 N–H and O–H groups in total. The van der Waals surface area contributed by atoms with Crippen LogP contribution in [-0.2, 0) is 16.3 Å². The zero-order valence-electron chi connectivity index (χ0n) is 11.4. The molecule has 0 spiro atoms. The molecule has 110 valence electrons. The van der Waals surface area contributed by atoms with E-state index in [0.717, 1.165) is 12.0 Å². The third kappa shape index (κ3) is 3.80. The molecule has 5 nitrogen and oxygen atoms in total. The second-order valence-electron chi connectivity index (χ2n) is 5.03. The maximum Gasteiger partial charge on any atom is 0.253 e. The van der Waals surface area contributed by atoms with Crippen molar-refractivity contribution in [3.8, 4) is 0 Å². The molecule has 2 rings (SSSR count). The monoisotopic (exact) mass is 296 g/mol. The van der Waals surface area contributed by atoms with E-state index in [4.69, 9.17) is 5.73 Å². The van der Waals surface area contributed by atoms with Crippen molar-refractivity contribution >= 4 is 15.7 Å². The van der Waals surface area contributed by atoms with Crippen molar-refractivity contribution < 1.29 is 13.2 Å². The highest BCUT2D eigenvalue weighted by Gasteiger charge is 2.23. The van der Waals surface area contributed by atoms with Gasteiger partial charge in [0, 0.05) is 18.7 Å². The number of amides is 1. The molecule has 0 unspecified atom stereocenters. The van der Waals surface area contributed by atoms with Gasteiger partial charge in [-0.25, -0.2) is 8.42 Å². The Morgan fingerprint density at radius 2 is 1.85 bits per heavy atom. The van der Waals surface area contributed by atoms with Gasteiger partial charge in [-0.05, 0) is 37.1 Å². The van der Waals surface area contributed by atoms with Crippen LogP contribution in [0.25, 0.3) is 0 Å². The van der Waals surface area contributed by atoms with Crippen LogP contribution >= 0.6 is 0 Å². The molecule has 0 aromatic heterocycles. The molecule has 0 aliphatic carbocycles. The van der Waals surface area contributed by atoms with Crippen LogP contribution in [0.3, 0.4) is 0 Å². The van der Waals surface area contributed by atoms with E-state index in [1.54, 1.807) is 17.0 Å². The third-order valence-corrected chi connectivity index (χ3v) is 5.19. The smallest absolute Gasteiger partial charge is 0.253 e. The molecule has 1 saturated heterocycles. The summed E-state index contributed by atoms with van der Waals surface area (Å²) in [6.07, 6.45) is 1.30. The zero-order valence-corrected chi connectivity index (χ0v) is 12.2. The number of sulfone groups is 1. The predicted octanol–water partition coefficient (Wildman–Crippen LogP) is 0.449. The van der Waals surface area contributed by atoms with E-state index in [2.05, 4.69) is 0 Å². The molecule has 0 radical (unpaired) electrons. The van der Waals surface area contributed by atoms with Gasteiger partial charge in [0.2, 0.25) is 0 Å². The lowest BCUT2D eigenvalue weighted by molar-refractivity contribution is 0.0768. The molecule has 1 amide bonds. The highest BCUT2D eigenvalue weighted by molar-refractivity contribution is 7.91. The van der Waals surface area contributed by atoms with Gasteiger partial charge in [-0.3, -0.25) is 4.79 Å². The Kier molecular flexibility index (Phi) is 4.77. The summed E-state index contributed by atoms with van der Waals surface area (Å²) in [5.74, 6) is 0.136. The molecular weight excluding hydrogens is 276 g/mol. The van der Waals surface area contributed by atoms with Crippen molar-refractivity contribution in [3.63, 3.8) is 0 Å². The van der Waals surface area contributed by atoms with Gasteiger partial charge in [-0.2, -0.15) is 0 Å². The van der Waals surface area contributed by atoms with Crippen molar-refractivity contribution in [2.75, 3.05) is 31.1 Å². The van der Waals surface area contributed by atoms with Crippen LogP contribution in [0.5, 0.6) is 0 Å². The standard InChI is InChI=1S/C14H20N2O3S/c15-7-6-12-2-4-13(5-3-12)14(17)16-8-1-10-20(18,19)11-9-16/h2-5H,1,6-11,15H2. The van der Waals surface area contributed by atoms with E-state index >= 15 is 0 Å². The summed E-state index contributed by atoms with van der Waals surface area (Å²) in [6, 6.07) is 7.36. The molecule has 0 atom stereocenters. The van der Waals surface area contributed by atoms with E-state index < -0.39 is 9.84 Å². The van der Waals surface area contributed by atoms with E-state index in [-0.39, 0.29) is 24.0 Å². The SMILES string of the molecule is NCCc1ccc(C(=O)N2CCCS(=O)(=O)CC2)cc1. The average molecular weight is 296 g/mol. The maximum absolute atomic E-state index is 12.3. The molecule has 1 heterocycles. The third-order valence-electron chi connectivity index (χ3n) is 3.48. The van der Waals surface area contributed by atoms with Gasteiger partial charge < -0.3 is 10.6 Å². The highest BCUT2D eigenvalue weighted by Crippen LogP contribution is 2.11. The lowest BCUT2D eigenvalue weighted by atomic mass is 10.1. The molecule has 20 heavy (non-hydrogen) atoms. The van der Waals surface area contributed by atoms with E-state index in [1.807, 2.05) is 12.1 Å². The maximum atomic E-state index is 12.3. The van der Waals surface area contributed by atoms with Crippen LogP contribution in [-0.4, -0.2) is 50.4 Å². The number of carbonyl (C=O) groups is 1. The molecule has 1 aromatic rings. The first-order valence-electron chi connectivity index (χ1n) is 6.80. The average Bonchev–Trinajstić information content (AvgIpc) is 2.60. The first-order valence-corrected chi connectivity index (χ1v) is 8.63. The Balaban J connectivity index is 2.06. The summed E-state index contributed by atoms with van der Waals surface area (Å²) >= 11 is 0. The topological polar surface area (TPSA) is 80.5 Å². The predicted molar refractivity (Wildman–Crippen MR) is 78.4 cm³/mol. The van der Waals surface area contributed by atoms with E-state index in [9.17, 15) is 13.2 Å². The molecule has 0 bridgehead atoms. The van der Waals surface area contributed by atoms with Crippen LogP contribution in [0.1, 0.15) is 22.3 Å². The fourth-order valence-corrected chi connectivity index (χ4v) is 3.58. The minimum atomic E-state index is -2.99. The molecular formula is C14H20N2O3S. The molecule has 1 aliphatic heterocycles. The van der Waals surface area contributed by atoms with E-state index in [0.29, 0.717) is 25.1 Å². The molecule has 1 aromatic carbocycles. The Morgan fingerprint density at radius 3 is 2.50 bits per heavy atom. The summed E-state index contributed by atoms with van der Waals surface area (Å²) in [6.45, 7) is 1.37. The number of carbonyl (C=O) groups excluding carboxylic acids is 1. The number of nitrogens with two attached hydrogens (primary N) is 1. The normalized spacial score (nSPS) is 18.6. The van der Waals surface area contributed by atoms with Crippen LogP contribution in [0.15, 0.2) is 24.3 Å². The van der Waals surface area contributed by atoms with Crippen LogP contribution in [0.4, 0.5) is 0 Å². The summed E-state index contributed by atoms with van der Waals surface area (Å²) in [7, 11) is -2.99. The van der Waals surface area contributed by atoms with Crippen molar-refractivity contribution in [2.24, 2.45) is 5.73 Å². The van der Waals surface area contributed by atoms with Gasteiger partial charge in [0.1, 0.15) is 0 Å². The fourth-order valence-electron chi connectivity index (χ4n) is 2.30. The van der Waals surface area contributed by atoms with Crippen molar-refractivity contribution in [1.29, 1.82) is 0 Å². The Bertz CT molecular complexity index is 567. The van der Waals surface area contributed by atoms with Crippen LogP contribution in [0.2, 0.25) is 0 Å². The second-order valence-corrected chi connectivity index (χ2v) is 7.34. The van der Waals surface area contributed by atoms with Crippen molar-refractivity contribution in [2.45, 2.75) is 12.8 Å². The minimum Gasteiger partial charge on any atom is -0.338 e. The quantitative estimate of drug-likeness (QED) is 0.878. The first kappa shape index (κ1) is 15.0. The van der Waals surface area contributed by atoms with Gasteiger partial charge in [0.15, 0.2) is 9.84 Å². The number of rotatable bonds is 3. The molecule has 0 saturated carbocycles. The highest BCUT2D eigenvalue weighted by atomic mass is 32.2. The Hall–Kier alpha value is -1.40. The minimum absolute atomic E-state index is 0.0595. The lowest BCUT2D eigenvalue weighted by Gasteiger charge is -2.19. The largest absolute Gasteiger partial charge is 0.338 e. The Morgan fingerprint density at radius 1 is 1.15 bits per heavy atom. The summed E-state index contributed by atoms with van der Waals surface area (Å²) in [5, 5.41) is 0. The van der Waals surface area contributed by atoms with E-state index in [1.165, 1.54) is 0 Å². The number of hydrogen-bond acceptors (Lipinski definition) is 4. The first-order chi connectivity index (χ1) is 9.52. The summed E-state index contributed by atoms with van der Waals surface area (Å²) in [5.41, 5.74) is 7.19. The Labute approximate surface area is 119 Å². The van der Waals surface area contributed by atoms with Crippen LogP contribution < -0.4 is 5.73 Å². The zero-order chi connectivity index (χ0) is 14.6.